The predicted octanol–water partition coefficient (Wildman–Crippen LogP) is 11.4. The van der Waals surface area contributed by atoms with E-state index in [0.29, 0.717) is 0 Å². The number of aromatic nitrogens is 4. The summed E-state index contributed by atoms with van der Waals surface area (Å²) in [6.07, 6.45) is 9.53. The molecule has 8 aromatic rings. The Hall–Kier alpha value is -6.87. The van der Waals surface area contributed by atoms with Gasteiger partial charge in [0.1, 0.15) is 0 Å². The Balaban J connectivity index is 1.33. The van der Waals surface area contributed by atoms with Crippen molar-refractivity contribution in [2.24, 2.45) is 0 Å². The Bertz CT molecular complexity index is 2770. The molecule has 0 N–H and O–H groups in total. The van der Waals surface area contributed by atoms with E-state index in [4.69, 9.17) is 19.9 Å². The van der Waals surface area contributed by atoms with E-state index in [1.807, 2.05) is 36.9 Å². The summed E-state index contributed by atoms with van der Waals surface area (Å²) < 4.78 is 0. The van der Waals surface area contributed by atoms with Crippen LogP contribution in [0, 0.1) is 0 Å². The molecule has 6 heteroatoms. The molecule has 10 rings (SSSR count). The SMILES string of the molecule is C[Si]1=C(c2ccccn2)C(c2ccccc2)=C(c2ccccc2)C1(CCC1(c2ccccn2)C(c2ccccc2)=C(c2ccccc2)C(c2ccccn2)=[Si]1C)c1ccccn1. The van der Waals surface area contributed by atoms with Gasteiger partial charge in [-0.05, 0) is 116 Å². The van der Waals surface area contributed by atoms with Crippen molar-refractivity contribution in [2.75, 3.05) is 0 Å². The summed E-state index contributed by atoms with van der Waals surface area (Å²) in [5, 5.41) is 1.74. The number of nitrogens with zero attached hydrogens (tertiary/aromatic N) is 4. The highest BCUT2D eigenvalue weighted by Gasteiger charge is 2.54. The summed E-state index contributed by atoms with van der Waals surface area (Å²) >= 11 is 0. The van der Waals surface area contributed by atoms with Crippen LogP contribution >= 0.6 is 0 Å². The number of benzene rings is 4. The summed E-state index contributed by atoms with van der Waals surface area (Å²) in [6, 6.07) is 70.0. The molecule has 4 aromatic heterocycles. The number of hydrogen-bond donors (Lipinski definition) is 0. The second-order valence-corrected chi connectivity index (χ2v) is 21.3. The smallest absolute Gasteiger partial charge is 0.0660 e. The quantitative estimate of drug-likeness (QED) is 0.122. The molecule has 0 aliphatic carbocycles. The van der Waals surface area contributed by atoms with Crippen molar-refractivity contribution in [3.05, 3.63) is 264 Å². The first-order valence-corrected chi connectivity index (χ1v) is 25.4. The molecule has 4 aromatic carbocycles. The van der Waals surface area contributed by atoms with E-state index in [0.717, 1.165) is 35.6 Å². The van der Waals surface area contributed by atoms with Crippen molar-refractivity contribution in [3.8, 4) is 0 Å². The van der Waals surface area contributed by atoms with E-state index in [1.54, 1.807) is 0 Å². The van der Waals surface area contributed by atoms with E-state index < -0.39 is 26.9 Å². The van der Waals surface area contributed by atoms with Gasteiger partial charge in [0.15, 0.2) is 0 Å². The maximum atomic E-state index is 5.40. The van der Waals surface area contributed by atoms with Crippen LogP contribution in [0.3, 0.4) is 0 Å². The maximum absolute atomic E-state index is 5.40. The number of allylic oxidation sites excluding steroid dienone is 4. The molecular formula is C56H46N4Si2. The first kappa shape index (κ1) is 39.3. The zero-order valence-electron chi connectivity index (χ0n) is 35.0. The van der Waals surface area contributed by atoms with Crippen molar-refractivity contribution in [1.82, 2.24) is 19.9 Å². The minimum atomic E-state index is -1.54. The van der Waals surface area contributed by atoms with Crippen molar-refractivity contribution >= 4 is 49.4 Å². The maximum Gasteiger partial charge on any atom is 0.0660 e. The zero-order chi connectivity index (χ0) is 41.9. The topological polar surface area (TPSA) is 51.6 Å². The van der Waals surface area contributed by atoms with E-state index in [-0.39, 0.29) is 0 Å². The molecule has 298 valence electrons. The molecule has 0 radical (unpaired) electrons. The van der Waals surface area contributed by atoms with Crippen LogP contribution in [0.15, 0.2) is 219 Å². The molecule has 0 saturated carbocycles. The van der Waals surface area contributed by atoms with E-state index in [9.17, 15) is 0 Å². The number of hydrogen-bond acceptors (Lipinski definition) is 4. The molecule has 0 amide bonds. The molecule has 2 aliphatic rings. The summed E-state index contributed by atoms with van der Waals surface area (Å²) in [5.41, 5.74) is 14.4. The fraction of sp³-hybridized carbons (Fsp3) is 0.107. The van der Waals surface area contributed by atoms with Gasteiger partial charge >= 0.3 is 0 Å². The highest BCUT2D eigenvalue weighted by atomic mass is 28.2. The largest absolute Gasteiger partial charge is 0.260 e. The summed E-state index contributed by atoms with van der Waals surface area (Å²) in [6.45, 7) is 5.05. The van der Waals surface area contributed by atoms with Gasteiger partial charge in [0, 0.05) is 51.7 Å². The van der Waals surface area contributed by atoms with Gasteiger partial charge in [-0.15, -0.1) is 0 Å². The van der Waals surface area contributed by atoms with Crippen molar-refractivity contribution in [1.29, 1.82) is 0 Å². The Morgan fingerprint density at radius 2 is 0.645 bits per heavy atom. The molecule has 2 atom stereocenters. The second-order valence-electron chi connectivity index (χ2n) is 16.1. The van der Waals surface area contributed by atoms with Crippen molar-refractivity contribution in [2.45, 2.75) is 36.0 Å². The van der Waals surface area contributed by atoms with Gasteiger partial charge < -0.3 is 0 Å². The van der Waals surface area contributed by atoms with Crippen LogP contribution in [-0.2, 0) is 10.1 Å². The normalized spacial score (nSPS) is 18.8. The zero-order valence-corrected chi connectivity index (χ0v) is 37.0. The molecule has 0 saturated heterocycles. The molecule has 62 heavy (non-hydrogen) atoms. The van der Waals surface area contributed by atoms with E-state index in [1.165, 1.54) is 54.9 Å². The summed E-state index contributed by atoms with van der Waals surface area (Å²) in [5.74, 6) is 0. The molecular weight excluding hydrogens is 785 g/mol. The molecule has 2 unspecified atom stereocenters. The molecule has 0 fully saturated rings. The first-order valence-electron chi connectivity index (χ1n) is 21.4. The fourth-order valence-electron chi connectivity index (χ4n) is 10.4. The standard InChI is InChI=1S/C56H46N4Si2/c1-61-53(45-31-15-19-37-57-45)49(41-23-7-3-8-24-41)51(43-27-11-5-12-28-43)55(61,47-33-17-21-39-59-47)35-36-56(48-34-18-22-40-60-48)52(44-29-13-6-14-30-44)50(42-25-9-4-10-26-42)54(62(56)2)46-32-16-20-38-58-46/h3-34,37-40H,35-36H2,1-2H3. The Kier molecular flexibility index (Phi) is 10.7. The van der Waals surface area contributed by atoms with Crippen molar-refractivity contribution < 1.29 is 0 Å². The Labute approximate surface area is 367 Å². The van der Waals surface area contributed by atoms with Crippen LogP contribution in [0.5, 0.6) is 0 Å². The van der Waals surface area contributed by atoms with Crippen molar-refractivity contribution in [3.63, 3.8) is 0 Å². The lowest BCUT2D eigenvalue weighted by Crippen LogP contribution is -2.44. The van der Waals surface area contributed by atoms with Crippen LogP contribution in [0.4, 0.5) is 0 Å². The van der Waals surface area contributed by atoms with Crippen LogP contribution in [0.1, 0.15) is 57.9 Å². The molecule has 6 heterocycles. The summed E-state index contributed by atoms with van der Waals surface area (Å²) in [4.78, 5) is 21.1. The lowest BCUT2D eigenvalue weighted by molar-refractivity contribution is 0.550. The molecule has 0 spiro atoms. The average Bonchev–Trinajstić information content (AvgIpc) is 3.78. The lowest BCUT2D eigenvalue weighted by atomic mass is 9.74. The van der Waals surface area contributed by atoms with E-state index >= 15 is 0 Å². The lowest BCUT2D eigenvalue weighted by Gasteiger charge is -2.41. The molecule has 2 aliphatic heterocycles. The van der Waals surface area contributed by atoms with Crippen LogP contribution in [0.2, 0.25) is 13.1 Å². The van der Waals surface area contributed by atoms with Gasteiger partial charge in [-0.3, -0.25) is 19.9 Å². The summed E-state index contributed by atoms with van der Waals surface area (Å²) in [7, 11) is -3.09. The number of rotatable bonds is 11. The van der Waals surface area contributed by atoms with Gasteiger partial charge in [-0.2, -0.15) is 0 Å². The molecule has 4 nitrogen and oxygen atoms in total. The number of pyridine rings is 4. The molecule has 0 bridgehead atoms. The minimum Gasteiger partial charge on any atom is -0.260 e. The fourth-order valence-corrected chi connectivity index (χ4v) is 17.0. The second kappa shape index (κ2) is 16.9. The van der Waals surface area contributed by atoms with Gasteiger partial charge in [0.25, 0.3) is 0 Å². The Morgan fingerprint density at radius 1 is 0.339 bits per heavy atom. The average molecular weight is 831 g/mol. The van der Waals surface area contributed by atoms with Gasteiger partial charge in [-0.1, -0.05) is 159 Å². The van der Waals surface area contributed by atoms with Crippen LogP contribution < -0.4 is 0 Å². The Morgan fingerprint density at radius 3 is 0.952 bits per heavy atom. The third-order valence-corrected chi connectivity index (χ3v) is 19.6. The monoisotopic (exact) mass is 830 g/mol. The highest BCUT2D eigenvalue weighted by molar-refractivity contribution is 6.88. The van der Waals surface area contributed by atoms with Crippen LogP contribution in [0.25, 0.3) is 22.3 Å². The highest BCUT2D eigenvalue weighted by Crippen LogP contribution is 2.57. The minimum absolute atomic E-state index is 0.475. The van der Waals surface area contributed by atoms with Crippen LogP contribution in [-0.4, -0.2) is 47.1 Å². The van der Waals surface area contributed by atoms with E-state index in [2.05, 4.69) is 195 Å². The van der Waals surface area contributed by atoms with Gasteiger partial charge in [0.2, 0.25) is 0 Å². The third kappa shape index (κ3) is 6.58. The van der Waals surface area contributed by atoms with Gasteiger partial charge in [0.05, 0.1) is 22.8 Å². The van der Waals surface area contributed by atoms with Gasteiger partial charge in [-0.25, -0.2) is 0 Å². The predicted molar refractivity (Wildman–Crippen MR) is 260 cm³/mol. The first-order chi connectivity index (χ1) is 30.6. The third-order valence-electron chi connectivity index (χ3n) is 13.1.